The molecule has 0 bridgehead atoms. The number of carbonyl (C=O) groups excluding carboxylic acids is 1. The number of rotatable bonds is 6. The van der Waals surface area contributed by atoms with Crippen molar-refractivity contribution in [3.8, 4) is 0 Å². The van der Waals surface area contributed by atoms with Gasteiger partial charge in [0.2, 0.25) is 5.91 Å². The quantitative estimate of drug-likeness (QED) is 0.629. The maximum absolute atomic E-state index is 12.0. The first-order valence-electron chi connectivity index (χ1n) is 7.53. The molecule has 0 unspecified atom stereocenters. The van der Waals surface area contributed by atoms with E-state index in [2.05, 4.69) is 10.6 Å². The van der Waals surface area contributed by atoms with Crippen molar-refractivity contribution in [2.24, 2.45) is 11.7 Å². The summed E-state index contributed by atoms with van der Waals surface area (Å²) in [6.45, 7) is 3.00. The third-order valence-corrected chi connectivity index (χ3v) is 3.65. The Morgan fingerprint density at radius 3 is 2.17 bits per heavy atom. The van der Waals surface area contributed by atoms with Crippen molar-refractivity contribution in [1.29, 1.82) is 0 Å². The minimum absolute atomic E-state index is 0.248. The molecule has 0 spiro atoms. The zero-order chi connectivity index (χ0) is 13.1. The van der Waals surface area contributed by atoms with Crippen LogP contribution < -0.4 is 16.4 Å². The van der Waals surface area contributed by atoms with Gasteiger partial charge in [0.15, 0.2) is 0 Å². The Morgan fingerprint density at radius 1 is 0.944 bits per heavy atom. The average Bonchev–Trinajstić information content (AvgIpc) is 2.51. The van der Waals surface area contributed by atoms with Gasteiger partial charge in [-0.05, 0) is 12.8 Å². The second-order valence-corrected chi connectivity index (χ2v) is 5.23. The van der Waals surface area contributed by atoms with E-state index in [1.54, 1.807) is 0 Å². The van der Waals surface area contributed by atoms with Gasteiger partial charge in [0.1, 0.15) is 0 Å². The maximum Gasteiger partial charge on any atom is 0.223 e. The lowest BCUT2D eigenvalue weighted by atomic mass is 9.96. The Balaban J connectivity index is 2.16. The molecule has 0 heterocycles. The number of nitrogens with two attached hydrogens (primary N) is 1. The molecule has 18 heavy (non-hydrogen) atoms. The van der Waals surface area contributed by atoms with E-state index in [1.165, 1.54) is 38.5 Å². The minimum atomic E-state index is 0.248. The van der Waals surface area contributed by atoms with Crippen LogP contribution in [-0.2, 0) is 4.79 Å². The Hall–Kier alpha value is -0.610. The minimum Gasteiger partial charge on any atom is -0.355 e. The van der Waals surface area contributed by atoms with Crippen molar-refractivity contribution in [2.75, 3.05) is 26.2 Å². The Labute approximate surface area is 111 Å². The molecule has 1 aliphatic carbocycles. The molecule has 1 rings (SSSR count). The standard InChI is InChI=1S/C14H29N3O/c15-9-10-16-11-12-17-14(18)13-7-5-3-1-2-4-6-8-13/h13,16H,1-12,15H2,(H,17,18). The SMILES string of the molecule is NCCNCCNC(=O)C1CCCCCCCC1. The fourth-order valence-corrected chi connectivity index (χ4v) is 2.54. The number of hydrogen-bond donors (Lipinski definition) is 3. The van der Waals surface area contributed by atoms with Gasteiger partial charge >= 0.3 is 0 Å². The lowest BCUT2D eigenvalue weighted by Crippen LogP contribution is -2.37. The number of nitrogens with one attached hydrogen (secondary N) is 2. The molecule has 4 N–H and O–H groups in total. The normalized spacial score (nSPS) is 18.7. The summed E-state index contributed by atoms with van der Waals surface area (Å²) in [6.07, 6.45) is 9.84. The summed E-state index contributed by atoms with van der Waals surface area (Å²) in [6, 6.07) is 0. The first-order valence-corrected chi connectivity index (χ1v) is 7.53. The van der Waals surface area contributed by atoms with Crippen molar-refractivity contribution >= 4 is 5.91 Å². The van der Waals surface area contributed by atoms with Crippen LogP contribution in [0, 0.1) is 5.92 Å². The van der Waals surface area contributed by atoms with Crippen molar-refractivity contribution in [3.05, 3.63) is 0 Å². The molecule has 0 aromatic rings. The van der Waals surface area contributed by atoms with Crippen LogP contribution in [0.25, 0.3) is 0 Å². The van der Waals surface area contributed by atoms with Crippen LogP contribution in [0.5, 0.6) is 0 Å². The third-order valence-electron chi connectivity index (χ3n) is 3.65. The van der Waals surface area contributed by atoms with E-state index >= 15 is 0 Å². The number of hydrogen-bond acceptors (Lipinski definition) is 3. The largest absolute Gasteiger partial charge is 0.355 e. The van der Waals surface area contributed by atoms with Gasteiger partial charge in [0.25, 0.3) is 0 Å². The molecular weight excluding hydrogens is 226 g/mol. The molecule has 106 valence electrons. The molecule has 4 nitrogen and oxygen atoms in total. The summed E-state index contributed by atoms with van der Waals surface area (Å²) in [5.41, 5.74) is 5.38. The Bertz CT molecular complexity index is 211. The second-order valence-electron chi connectivity index (χ2n) is 5.23. The molecule has 1 amide bonds. The summed E-state index contributed by atoms with van der Waals surface area (Å²) in [5, 5.41) is 6.22. The lowest BCUT2D eigenvalue weighted by molar-refractivity contribution is -0.125. The molecule has 0 aromatic carbocycles. The zero-order valence-electron chi connectivity index (χ0n) is 11.5. The van der Waals surface area contributed by atoms with Gasteiger partial charge in [-0.25, -0.2) is 0 Å². The zero-order valence-corrected chi connectivity index (χ0v) is 11.5. The first kappa shape index (κ1) is 15.4. The van der Waals surface area contributed by atoms with E-state index in [0.717, 1.165) is 32.5 Å². The van der Waals surface area contributed by atoms with Crippen LogP contribution in [0.3, 0.4) is 0 Å². The summed E-state index contributed by atoms with van der Waals surface area (Å²) in [7, 11) is 0. The molecule has 1 fully saturated rings. The fourth-order valence-electron chi connectivity index (χ4n) is 2.54. The van der Waals surface area contributed by atoms with Gasteiger partial charge in [-0.2, -0.15) is 0 Å². The van der Waals surface area contributed by atoms with E-state index in [4.69, 9.17) is 5.73 Å². The highest BCUT2D eigenvalue weighted by Crippen LogP contribution is 2.21. The molecule has 1 saturated carbocycles. The molecule has 0 saturated heterocycles. The molecule has 0 aliphatic heterocycles. The van der Waals surface area contributed by atoms with Crippen LogP contribution >= 0.6 is 0 Å². The van der Waals surface area contributed by atoms with Gasteiger partial charge in [-0.3, -0.25) is 4.79 Å². The number of carbonyl (C=O) groups is 1. The Kier molecular flexibility index (Phi) is 8.86. The summed E-state index contributed by atoms with van der Waals surface area (Å²) in [5.74, 6) is 0.504. The van der Waals surface area contributed by atoms with Crippen molar-refractivity contribution < 1.29 is 4.79 Å². The summed E-state index contributed by atoms with van der Waals surface area (Å²) >= 11 is 0. The monoisotopic (exact) mass is 255 g/mol. The van der Waals surface area contributed by atoms with E-state index < -0.39 is 0 Å². The molecule has 0 atom stereocenters. The van der Waals surface area contributed by atoms with Crippen molar-refractivity contribution in [1.82, 2.24) is 10.6 Å². The highest BCUT2D eigenvalue weighted by atomic mass is 16.1. The van der Waals surface area contributed by atoms with Crippen LogP contribution in [-0.4, -0.2) is 32.1 Å². The summed E-state index contributed by atoms with van der Waals surface area (Å²) in [4.78, 5) is 12.0. The third kappa shape index (κ3) is 6.97. The number of amides is 1. The van der Waals surface area contributed by atoms with Gasteiger partial charge in [-0.1, -0.05) is 38.5 Å². The van der Waals surface area contributed by atoms with Gasteiger partial charge in [0, 0.05) is 32.1 Å². The van der Waals surface area contributed by atoms with E-state index in [9.17, 15) is 4.79 Å². The predicted octanol–water partition coefficient (Wildman–Crippen LogP) is 1.40. The van der Waals surface area contributed by atoms with Crippen LogP contribution in [0.2, 0.25) is 0 Å². The van der Waals surface area contributed by atoms with Crippen LogP contribution in [0.4, 0.5) is 0 Å². The molecule has 4 heteroatoms. The fraction of sp³-hybridized carbons (Fsp3) is 0.929. The highest BCUT2D eigenvalue weighted by Gasteiger charge is 2.17. The van der Waals surface area contributed by atoms with E-state index in [-0.39, 0.29) is 11.8 Å². The van der Waals surface area contributed by atoms with Crippen LogP contribution in [0.1, 0.15) is 51.4 Å². The molecular formula is C14H29N3O. The molecule has 1 aliphatic rings. The maximum atomic E-state index is 12.0. The van der Waals surface area contributed by atoms with Crippen LogP contribution in [0.15, 0.2) is 0 Å². The predicted molar refractivity (Wildman–Crippen MR) is 75.4 cm³/mol. The topological polar surface area (TPSA) is 67.2 Å². The van der Waals surface area contributed by atoms with E-state index in [1.807, 2.05) is 0 Å². The second kappa shape index (κ2) is 10.3. The first-order chi connectivity index (χ1) is 8.84. The van der Waals surface area contributed by atoms with Crippen molar-refractivity contribution in [3.63, 3.8) is 0 Å². The molecule has 0 radical (unpaired) electrons. The highest BCUT2D eigenvalue weighted by molar-refractivity contribution is 5.78. The van der Waals surface area contributed by atoms with Gasteiger partial charge in [0.05, 0.1) is 0 Å². The molecule has 0 aromatic heterocycles. The lowest BCUT2D eigenvalue weighted by Gasteiger charge is -2.15. The Morgan fingerprint density at radius 2 is 1.56 bits per heavy atom. The smallest absolute Gasteiger partial charge is 0.223 e. The summed E-state index contributed by atoms with van der Waals surface area (Å²) < 4.78 is 0. The van der Waals surface area contributed by atoms with Crippen molar-refractivity contribution in [2.45, 2.75) is 51.4 Å². The van der Waals surface area contributed by atoms with E-state index in [0.29, 0.717) is 6.54 Å². The average molecular weight is 255 g/mol. The van der Waals surface area contributed by atoms with Gasteiger partial charge < -0.3 is 16.4 Å². The van der Waals surface area contributed by atoms with Gasteiger partial charge in [-0.15, -0.1) is 0 Å².